The fourth-order valence-electron chi connectivity index (χ4n) is 1.84. The fraction of sp³-hybridized carbons (Fsp3) is 0.923. The van der Waals surface area contributed by atoms with Gasteiger partial charge in [0.2, 0.25) is 0 Å². The Morgan fingerprint density at radius 3 is 2.19 bits per heavy atom. The molecule has 0 aliphatic rings. The molecule has 0 heterocycles. The van der Waals surface area contributed by atoms with Crippen LogP contribution in [0.25, 0.3) is 0 Å². The van der Waals surface area contributed by atoms with Gasteiger partial charge in [-0.25, -0.2) is 0 Å². The first-order chi connectivity index (χ1) is 7.55. The Balaban J connectivity index is 4.35. The molecule has 0 aliphatic heterocycles. The molecule has 1 unspecified atom stereocenters. The smallest absolute Gasteiger partial charge is 0.116 e. The molecule has 1 atom stereocenters. The van der Waals surface area contributed by atoms with Crippen molar-refractivity contribution in [2.75, 3.05) is 26.7 Å². The van der Waals surface area contributed by atoms with Crippen LogP contribution in [0.5, 0.6) is 0 Å². The van der Waals surface area contributed by atoms with Crippen LogP contribution in [0.2, 0.25) is 0 Å². The second-order valence-corrected chi connectivity index (χ2v) is 4.70. The van der Waals surface area contributed by atoms with Gasteiger partial charge in [0.1, 0.15) is 5.54 Å². The monoisotopic (exact) mass is 225 g/mol. The zero-order chi connectivity index (χ0) is 12.6. The van der Waals surface area contributed by atoms with Gasteiger partial charge in [0, 0.05) is 13.1 Å². The molecule has 0 amide bonds. The molecule has 0 aromatic heterocycles. The zero-order valence-corrected chi connectivity index (χ0v) is 11.5. The van der Waals surface area contributed by atoms with Crippen molar-refractivity contribution in [1.29, 1.82) is 5.26 Å². The first-order valence-electron chi connectivity index (χ1n) is 6.37. The highest BCUT2D eigenvalue weighted by Crippen LogP contribution is 2.12. The van der Waals surface area contributed by atoms with Crippen LogP contribution in [0, 0.1) is 17.2 Å². The molecule has 0 saturated heterocycles. The molecular weight excluding hydrogens is 198 g/mol. The second-order valence-electron chi connectivity index (χ2n) is 4.70. The summed E-state index contributed by atoms with van der Waals surface area (Å²) in [7, 11) is 1.86. The van der Waals surface area contributed by atoms with E-state index >= 15 is 0 Å². The molecule has 0 radical (unpaired) electrons. The van der Waals surface area contributed by atoms with Gasteiger partial charge in [-0.3, -0.25) is 0 Å². The highest BCUT2D eigenvalue weighted by molar-refractivity contribution is 5.04. The maximum Gasteiger partial charge on any atom is 0.116 e. The Morgan fingerprint density at radius 1 is 1.31 bits per heavy atom. The molecule has 0 bridgehead atoms. The Bertz CT molecular complexity index is 218. The van der Waals surface area contributed by atoms with Crippen LogP contribution in [0.1, 0.15) is 40.5 Å². The Labute approximate surface area is 101 Å². The number of nitrogens with one attached hydrogen (secondary N) is 1. The predicted molar refractivity (Wildman–Crippen MR) is 69.3 cm³/mol. The summed E-state index contributed by atoms with van der Waals surface area (Å²) in [6, 6.07) is 2.35. The molecule has 0 spiro atoms. The third kappa shape index (κ3) is 4.96. The molecule has 94 valence electrons. The average molecular weight is 225 g/mol. The predicted octanol–water partition coefficient (Wildman–Crippen LogP) is 2.25. The molecule has 1 N–H and O–H groups in total. The van der Waals surface area contributed by atoms with Crippen LogP contribution >= 0.6 is 0 Å². The lowest BCUT2D eigenvalue weighted by atomic mass is 10.00. The number of hydrogen-bond acceptors (Lipinski definition) is 3. The first-order valence-corrected chi connectivity index (χ1v) is 6.37. The van der Waals surface area contributed by atoms with Gasteiger partial charge in [0.15, 0.2) is 0 Å². The fourth-order valence-corrected chi connectivity index (χ4v) is 1.84. The number of hydrogen-bond donors (Lipinski definition) is 1. The van der Waals surface area contributed by atoms with Crippen LogP contribution in [-0.4, -0.2) is 37.1 Å². The Hall–Kier alpha value is -0.590. The minimum atomic E-state index is -0.429. The van der Waals surface area contributed by atoms with Gasteiger partial charge in [-0.05, 0) is 26.4 Å². The number of rotatable bonds is 8. The lowest BCUT2D eigenvalue weighted by Gasteiger charge is -2.31. The van der Waals surface area contributed by atoms with E-state index in [4.69, 9.17) is 5.26 Å². The van der Waals surface area contributed by atoms with E-state index in [2.05, 4.69) is 37.1 Å². The molecular formula is C13H27N3. The maximum atomic E-state index is 9.14. The van der Waals surface area contributed by atoms with E-state index in [1.807, 2.05) is 14.0 Å². The zero-order valence-electron chi connectivity index (χ0n) is 11.5. The van der Waals surface area contributed by atoms with Crippen molar-refractivity contribution in [3.63, 3.8) is 0 Å². The maximum absolute atomic E-state index is 9.14. The topological polar surface area (TPSA) is 39.1 Å². The van der Waals surface area contributed by atoms with Crippen molar-refractivity contribution in [1.82, 2.24) is 10.2 Å². The van der Waals surface area contributed by atoms with Gasteiger partial charge >= 0.3 is 0 Å². The van der Waals surface area contributed by atoms with Crippen molar-refractivity contribution in [3.8, 4) is 6.07 Å². The molecule has 0 aromatic carbocycles. The Morgan fingerprint density at radius 2 is 1.88 bits per heavy atom. The summed E-state index contributed by atoms with van der Waals surface area (Å²) in [6.07, 6.45) is 2.44. The lowest BCUT2D eigenvalue weighted by molar-refractivity contribution is 0.197. The minimum absolute atomic E-state index is 0.429. The van der Waals surface area contributed by atoms with E-state index in [0.29, 0.717) is 0 Å². The van der Waals surface area contributed by atoms with Crippen LogP contribution in [0.15, 0.2) is 0 Å². The van der Waals surface area contributed by atoms with Crippen LogP contribution in [0.4, 0.5) is 0 Å². The molecule has 0 aliphatic carbocycles. The molecule has 3 heteroatoms. The summed E-state index contributed by atoms with van der Waals surface area (Å²) in [4.78, 5) is 2.37. The summed E-state index contributed by atoms with van der Waals surface area (Å²) >= 11 is 0. The van der Waals surface area contributed by atoms with Crippen molar-refractivity contribution in [2.24, 2.45) is 5.92 Å². The van der Waals surface area contributed by atoms with Crippen molar-refractivity contribution >= 4 is 0 Å². The van der Waals surface area contributed by atoms with Gasteiger partial charge in [-0.2, -0.15) is 5.26 Å². The van der Waals surface area contributed by atoms with Crippen molar-refractivity contribution in [3.05, 3.63) is 0 Å². The highest BCUT2D eigenvalue weighted by Gasteiger charge is 2.24. The van der Waals surface area contributed by atoms with Crippen molar-refractivity contribution in [2.45, 2.75) is 46.1 Å². The summed E-state index contributed by atoms with van der Waals surface area (Å²) < 4.78 is 0. The van der Waals surface area contributed by atoms with E-state index < -0.39 is 5.54 Å². The molecule has 3 nitrogen and oxygen atoms in total. The second kappa shape index (κ2) is 7.65. The molecule has 0 aromatic rings. The lowest BCUT2D eigenvalue weighted by Crippen LogP contribution is -2.49. The van der Waals surface area contributed by atoms with Gasteiger partial charge in [0.25, 0.3) is 0 Å². The minimum Gasteiger partial charge on any atom is -0.302 e. The number of nitriles is 1. The van der Waals surface area contributed by atoms with Crippen molar-refractivity contribution < 1.29 is 0 Å². The van der Waals surface area contributed by atoms with Gasteiger partial charge in [-0.1, -0.05) is 33.6 Å². The van der Waals surface area contributed by atoms with E-state index in [0.717, 1.165) is 25.6 Å². The van der Waals surface area contributed by atoms with Crippen LogP contribution in [0.3, 0.4) is 0 Å². The third-order valence-corrected chi connectivity index (χ3v) is 3.46. The first kappa shape index (κ1) is 15.4. The highest BCUT2D eigenvalue weighted by atomic mass is 15.2. The normalized spacial score (nSPS) is 15.1. The molecule has 16 heavy (non-hydrogen) atoms. The largest absolute Gasteiger partial charge is 0.302 e. The van der Waals surface area contributed by atoms with E-state index in [1.165, 1.54) is 12.8 Å². The van der Waals surface area contributed by atoms with Gasteiger partial charge in [-0.15, -0.1) is 0 Å². The summed E-state index contributed by atoms with van der Waals surface area (Å²) in [5.74, 6) is 0.750. The number of nitrogens with zero attached hydrogens (tertiary/aromatic N) is 2. The standard InChI is InChI=1S/C13H27N3/c1-6-12(7-2)9-16(8-3)11-13(4,10-14)15-5/h12,15H,6-9,11H2,1-5H3. The SMILES string of the molecule is CCC(CC)CN(CC)CC(C)(C#N)NC. The molecule has 0 saturated carbocycles. The van der Waals surface area contributed by atoms with Crippen LogP contribution in [-0.2, 0) is 0 Å². The van der Waals surface area contributed by atoms with E-state index in [1.54, 1.807) is 0 Å². The summed E-state index contributed by atoms with van der Waals surface area (Å²) in [6.45, 7) is 11.5. The van der Waals surface area contributed by atoms with E-state index in [9.17, 15) is 0 Å². The quantitative estimate of drug-likeness (QED) is 0.688. The summed E-state index contributed by atoms with van der Waals surface area (Å²) in [5, 5.41) is 12.2. The average Bonchev–Trinajstić information content (AvgIpc) is 2.34. The molecule has 0 rings (SSSR count). The van der Waals surface area contributed by atoms with Crippen LogP contribution < -0.4 is 5.32 Å². The van der Waals surface area contributed by atoms with Gasteiger partial charge in [0.05, 0.1) is 6.07 Å². The third-order valence-electron chi connectivity index (χ3n) is 3.46. The number of likely N-dealkylation sites (N-methyl/N-ethyl adjacent to an activating group) is 2. The Kier molecular flexibility index (Phi) is 7.36. The summed E-state index contributed by atoms with van der Waals surface area (Å²) in [5.41, 5.74) is -0.429. The molecule has 0 fully saturated rings. The van der Waals surface area contributed by atoms with Gasteiger partial charge < -0.3 is 10.2 Å². The van der Waals surface area contributed by atoms with E-state index in [-0.39, 0.29) is 0 Å².